The van der Waals surface area contributed by atoms with Gasteiger partial charge in [0.05, 0.1) is 0 Å². The lowest BCUT2D eigenvalue weighted by atomic mass is 9.69. The smallest absolute Gasteiger partial charge is 0.158 e. The minimum absolute atomic E-state index is 0.0434. The van der Waals surface area contributed by atoms with Crippen molar-refractivity contribution in [2.24, 2.45) is 35.3 Å². The second-order valence-corrected chi connectivity index (χ2v) is 6.23. The molecule has 6 atom stereocenters. The van der Waals surface area contributed by atoms with Crippen molar-refractivity contribution in [1.82, 2.24) is 0 Å². The summed E-state index contributed by atoms with van der Waals surface area (Å²) in [6.45, 7) is 0. The summed E-state index contributed by atoms with van der Waals surface area (Å²) in [6.07, 6.45) is 8.80. The molecule has 6 unspecified atom stereocenters. The average Bonchev–Trinajstić information content (AvgIpc) is 2.65. The van der Waals surface area contributed by atoms with Crippen molar-refractivity contribution < 1.29 is 10.2 Å². The first-order valence-corrected chi connectivity index (χ1v) is 6.95. The van der Waals surface area contributed by atoms with Crippen LogP contribution in [0.4, 0.5) is 0 Å². The number of allylic oxidation sites excluding steroid dienone is 1. The topological polar surface area (TPSA) is 66.5 Å². The molecule has 0 spiro atoms. The summed E-state index contributed by atoms with van der Waals surface area (Å²) in [5.74, 6) is 2.51. The molecule has 4 N–H and O–H groups in total. The highest BCUT2D eigenvalue weighted by Gasteiger charge is 2.49. The average molecular weight is 237 g/mol. The Morgan fingerprint density at radius 3 is 2.71 bits per heavy atom. The first kappa shape index (κ1) is 11.7. The maximum Gasteiger partial charge on any atom is 0.158 e. The third-order valence-corrected chi connectivity index (χ3v) is 5.31. The largest absolute Gasteiger partial charge is 0.368 e. The Morgan fingerprint density at radius 2 is 1.94 bits per heavy atom. The van der Waals surface area contributed by atoms with Crippen LogP contribution in [0.25, 0.3) is 0 Å². The van der Waals surface area contributed by atoms with E-state index in [1.54, 1.807) is 0 Å². The quantitative estimate of drug-likeness (QED) is 0.475. The van der Waals surface area contributed by atoms with Crippen LogP contribution < -0.4 is 5.73 Å². The van der Waals surface area contributed by atoms with E-state index < -0.39 is 6.29 Å². The highest BCUT2D eigenvalue weighted by Crippen LogP contribution is 2.54. The lowest BCUT2D eigenvalue weighted by molar-refractivity contribution is -0.0983. The van der Waals surface area contributed by atoms with Gasteiger partial charge in [-0.05, 0) is 55.8 Å². The van der Waals surface area contributed by atoms with E-state index >= 15 is 0 Å². The van der Waals surface area contributed by atoms with Crippen molar-refractivity contribution in [2.75, 3.05) is 0 Å². The van der Waals surface area contributed by atoms with Crippen molar-refractivity contribution in [1.29, 1.82) is 0 Å². The second kappa shape index (κ2) is 4.38. The number of hydrogen-bond donors (Lipinski definition) is 3. The van der Waals surface area contributed by atoms with Crippen molar-refractivity contribution >= 4 is 0 Å². The first-order chi connectivity index (χ1) is 8.16. The minimum Gasteiger partial charge on any atom is -0.368 e. The van der Waals surface area contributed by atoms with E-state index in [4.69, 9.17) is 5.73 Å². The van der Waals surface area contributed by atoms with E-state index in [9.17, 15) is 10.2 Å². The van der Waals surface area contributed by atoms with E-state index in [0.29, 0.717) is 23.8 Å². The van der Waals surface area contributed by atoms with Gasteiger partial charge in [0.1, 0.15) is 0 Å². The number of fused-ring (bicyclic) bond motifs is 3. The van der Waals surface area contributed by atoms with Gasteiger partial charge in [0.15, 0.2) is 6.29 Å². The molecular weight excluding hydrogens is 214 g/mol. The van der Waals surface area contributed by atoms with Crippen molar-refractivity contribution in [3.63, 3.8) is 0 Å². The molecule has 0 radical (unpaired) electrons. The molecule has 0 aromatic rings. The number of hydrogen-bond acceptors (Lipinski definition) is 3. The fourth-order valence-electron chi connectivity index (χ4n) is 4.69. The Morgan fingerprint density at radius 1 is 1.12 bits per heavy atom. The molecule has 0 amide bonds. The Bertz CT molecular complexity index is 315. The van der Waals surface area contributed by atoms with Gasteiger partial charge >= 0.3 is 0 Å². The summed E-state index contributed by atoms with van der Waals surface area (Å²) in [5.41, 5.74) is 6.06. The van der Waals surface area contributed by atoms with Crippen LogP contribution in [0.2, 0.25) is 0 Å². The van der Waals surface area contributed by atoms with Crippen LogP contribution in [0.5, 0.6) is 0 Å². The van der Waals surface area contributed by atoms with Crippen LogP contribution in [0, 0.1) is 29.6 Å². The van der Waals surface area contributed by atoms with Crippen molar-refractivity contribution in [2.45, 2.75) is 44.4 Å². The molecule has 2 fully saturated rings. The van der Waals surface area contributed by atoms with E-state index in [-0.39, 0.29) is 5.92 Å². The zero-order valence-electron chi connectivity index (χ0n) is 10.2. The van der Waals surface area contributed by atoms with E-state index in [2.05, 4.69) is 6.08 Å². The molecule has 0 aliphatic heterocycles. The standard InChI is InChI=1S/C14H23NO2/c15-10-4-5-11-9(7-10)6-8-2-1-3-12(13(8)11)14(16)17/h1,3,8-14,16-17H,2,4-7,15H2. The predicted octanol–water partition coefficient (Wildman–Crippen LogP) is 1.25. The van der Waals surface area contributed by atoms with Gasteiger partial charge in [-0.3, -0.25) is 0 Å². The third kappa shape index (κ3) is 1.94. The van der Waals surface area contributed by atoms with Gasteiger partial charge in [-0.2, -0.15) is 0 Å². The molecule has 3 rings (SSSR count). The highest BCUT2D eigenvalue weighted by atomic mass is 16.5. The Kier molecular flexibility index (Phi) is 3.01. The first-order valence-electron chi connectivity index (χ1n) is 6.95. The maximum absolute atomic E-state index is 9.55. The normalized spacial score (nSPS) is 49.2. The molecule has 17 heavy (non-hydrogen) atoms. The molecule has 96 valence electrons. The second-order valence-electron chi connectivity index (χ2n) is 6.23. The van der Waals surface area contributed by atoms with Crippen LogP contribution >= 0.6 is 0 Å². The molecule has 0 heterocycles. The van der Waals surface area contributed by atoms with Crippen LogP contribution in [-0.2, 0) is 0 Å². The molecule has 3 aliphatic rings. The summed E-state index contributed by atoms with van der Waals surface area (Å²) in [5, 5.41) is 19.1. The molecule has 0 aromatic carbocycles. The van der Waals surface area contributed by atoms with Gasteiger partial charge in [0.2, 0.25) is 0 Å². The van der Waals surface area contributed by atoms with Crippen molar-refractivity contribution in [3.05, 3.63) is 12.2 Å². The molecule has 0 saturated heterocycles. The fraction of sp³-hybridized carbons (Fsp3) is 0.857. The van der Waals surface area contributed by atoms with E-state index in [0.717, 1.165) is 25.2 Å². The Hall–Kier alpha value is -0.380. The summed E-state index contributed by atoms with van der Waals surface area (Å²) in [6, 6.07) is 0.377. The van der Waals surface area contributed by atoms with Crippen LogP contribution in [0.15, 0.2) is 12.2 Å². The van der Waals surface area contributed by atoms with Crippen molar-refractivity contribution in [3.8, 4) is 0 Å². The summed E-state index contributed by atoms with van der Waals surface area (Å²) >= 11 is 0. The van der Waals surface area contributed by atoms with E-state index in [1.165, 1.54) is 12.8 Å². The Balaban J connectivity index is 1.82. The van der Waals surface area contributed by atoms with Gasteiger partial charge in [-0.25, -0.2) is 0 Å². The summed E-state index contributed by atoms with van der Waals surface area (Å²) in [7, 11) is 0. The molecule has 2 saturated carbocycles. The fourth-order valence-corrected chi connectivity index (χ4v) is 4.69. The summed E-state index contributed by atoms with van der Waals surface area (Å²) < 4.78 is 0. The molecular formula is C14H23NO2. The zero-order valence-corrected chi connectivity index (χ0v) is 10.2. The summed E-state index contributed by atoms with van der Waals surface area (Å²) in [4.78, 5) is 0. The van der Waals surface area contributed by atoms with E-state index in [1.807, 2.05) is 6.08 Å². The third-order valence-electron chi connectivity index (χ3n) is 5.31. The van der Waals surface area contributed by atoms with Crippen LogP contribution in [0.3, 0.4) is 0 Å². The van der Waals surface area contributed by atoms with Crippen LogP contribution in [0.1, 0.15) is 32.1 Å². The predicted molar refractivity (Wildman–Crippen MR) is 65.9 cm³/mol. The molecule has 3 aliphatic carbocycles. The number of nitrogens with two attached hydrogens (primary N) is 1. The Labute approximate surface area is 103 Å². The number of aliphatic hydroxyl groups is 2. The van der Waals surface area contributed by atoms with Gasteiger partial charge in [-0.1, -0.05) is 12.2 Å². The van der Waals surface area contributed by atoms with Crippen LogP contribution in [-0.4, -0.2) is 22.5 Å². The SMILES string of the molecule is NC1CCC2C(C1)CC1CC=CC(C(O)O)C12. The maximum atomic E-state index is 9.55. The minimum atomic E-state index is -1.19. The molecule has 3 heteroatoms. The van der Waals surface area contributed by atoms with Gasteiger partial charge in [0, 0.05) is 12.0 Å². The lowest BCUT2D eigenvalue weighted by Crippen LogP contribution is -2.38. The number of aliphatic hydroxyl groups excluding tert-OH is 1. The van der Waals surface area contributed by atoms with Gasteiger partial charge < -0.3 is 15.9 Å². The van der Waals surface area contributed by atoms with Gasteiger partial charge in [0.25, 0.3) is 0 Å². The highest BCUT2D eigenvalue weighted by molar-refractivity contribution is 5.08. The monoisotopic (exact) mass is 237 g/mol. The lowest BCUT2D eigenvalue weighted by Gasteiger charge is -2.38. The number of rotatable bonds is 1. The molecule has 3 nitrogen and oxygen atoms in total. The molecule has 0 aromatic heterocycles. The zero-order chi connectivity index (χ0) is 12.0. The van der Waals surface area contributed by atoms with Gasteiger partial charge in [-0.15, -0.1) is 0 Å². The molecule has 0 bridgehead atoms.